The molecule has 1 aliphatic rings. The fourth-order valence-corrected chi connectivity index (χ4v) is 4.43. The van der Waals surface area contributed by atoms with Crippen LogP contribution < -0.4 is 18.9 Å². The van der Waals surface area contributed by atoms with Gasteiger partial charge < -0.3 is 19.1 Å². The van der Waals surface area contributed by atoms with Gasteiger partial charge in [-0.3, -0.25) is 0 Å². The highest BCUT2D eigenvalue weighted by molar-refractivity contribution is 7.89. The molecule has 0 spiro atoms. The molecule has 1 heterocycles. The molecule has 8 heteroatoms. The van der Waals surface area contributed by atoms with Crippen molar-refractivity contribution in [3.63, 3.8) is 0 Å². The van der Waals surface area contributed by atoms with Gasteiger partial charge in [0.2, 0.25) is 10.0 Å². The Labute approximate surface area is 172 Å². The third-order valence-corrected chi connectivity index (χ3v) is 6.44. The zero-order valence-electron chi connectivity index (χ0n) is 17.1. The van der Waals surface area contributed by atoms with E-state index in [1.165, 1.54) is 20.3 Å². The van der Waals surface area contributed by atoms with Gasteiger partial charge in [-0.2, -0.15) is 0 Å². The van der Waals surface area contributed by atoms with Crippen molar-refractivity contribution < 1.29 is 22.6 Å². The number of nitrogens with zero attached hydrogens (tertiary/aromatic N) is 1. The predicted octanol–water partition coefficient (Wildman–Crippen LogP) is 2.66. The number of piperidine rings is 1. The summed E-state index contributed by atoms with van der Waals surface area (Å²) in [5, 5.41) is 0. The minimum atomic E-state index is -3.76. The lowest BCUT2D eigenvalue weighted by molar-refractivity contribution is 0.114. The fourth-order valence-electron chi connectivity index (χ4n) is 3.23. The van der Waals surface area contributed by atoms with E-state index in [9.17, 15) is 8.42 Å². The molecular formula is C21H28N2O5S. The maximum Gasteiger partial charge on any atom is 0.244 e. The molecule has 29 heavy (non-hydrogen) atoms. The number of hydrogen-bond donors (Lipinski definition) is 1. The van der Waals surface area contributed by atoms with Crippen molar-refractivity contribution in [3.8, 4) is 17.2 Å². The fraction of sp³-hybridized carbons (Fsp3) is 0.429. The summed E-state index contributed by atoms with van der Waals surface area (Å²) in [6.45, 7) is 2.24. The van der Waals surface area contributed by atoms with Gasteiger partial charge in [0.15, 0.2) is 0 Å². The van der Waals surface area contributed by atoms with Gasteiger partial charge in [0, 0.05) is 25.7 Å². The first-order valence-corrected chi connectivity index (χ1v) is 11.1. The highest BCUT2D eigenvalue weighted by Gasteiger charge is 2.21. The van der Waals surface area contributed by atoms with E-state index in [2.05, 4.69) is 16.7 Å². The van der Waals surface area contributed by atoms with Crippen LogP contribution in [0.25, 0.3) is 0 Å². The van der Waals surface area contributed by atoms with E-state index in [1.54, 1.807) is 12.1 Å². The Morgan fingerprint density at radius 2 is 1.66 bits per heavy atom. The lowest BCUT2D eigenvalue weighted by Gasteiger charge is -2.29. The van der Waals surface area contributed by atoms with E-state index < -0.39 is 10.0 Å². The SMILES string of the molecule is COc1ccc(OC)c(S(=O)(=O)NCc2ccc(OC3CCN(C)CC3)cc2)c1. The number of methoxy groups -OCH3 is 2. The van der Waals surface area contributed by atoms with Crippen LogP contribution in [0.3, 0.4) is 0 Å². The van der Waals surface area contributed by atoms with Crippen LogP contribution in [0.1, 0.15) is 18.4 Å². The van der Waals surface area contributed by atoms with Crippen LogP contribution in [0.15, 0.2) is 47.4 Å². The van der Waals surface area contributed by atoms with Gasteiger partial charge in [-0.25, -0.2) is 13.1 Å². The topological polar surface area (TPSA) is 77.1 Å². The quantitative estimate of drug-likeness (QED) is 0.708. The smallest absolute Gasteiger partial charge is 0.244 e. The highest BCUT2D eigenvalue weighted by Crippen LogP contribution is 2.28. The molecule has 1 N–H and O–H groups in total. The van der Waals surface area contributed by atoms with Crippen LogP contribution in [-0.4, -0.2) is 53.8 Å². The number of hydrogen-bond acceptors (Lipinski definition) is 6. The molecule has 0 unspecified atom stereocenters. The van der Waals surface area contributed by atoms with Gasteiger partial charge in [0.05, 0.1) is 14.2 Å². The molecule has 2 aromatic rings. The predicted molar refractivity (Wildman–Crippen MR) is 111 cm³/mol. The number of sulfonamides is 1. The second-order valence-corrected chi connectivity index (χ2v) is 8.84. The van der Waals surface area contributed by atoms with Gasteiger partial charge in [-0.05, 0) is 49.7 Å². The van der Waals surface area contributed by atoms with E-state index in [1.807, 2.05) is 24.3 Å². The molecule has 0 bridgehead atoms. The Kier molecular flexibility index (Phi) is 7.00. The average molecular weight is 421 g/mol. The van der Waals surface area contributed by atoms with Crippen molar-refractivity contribution in [2.24, 2.45) is 0 Å². The molecule has 0 atom stereocenters. The van der Waals surface area contributed by atoms with Gasteiger partial charge in [0.1, 0.15) is 28.2 Å². The normalized spacial score (nSPS) is 15.8. The molecule has 1 saturated heterocycles. The van der Waals surface area contributed by atoms with Crippen LogP contribution in [0.5, 0.6) is 17.2 Å². The monoisotopic (exact) mass is 420 g/mol. The van der Waals surface area contributed by atoms with Gasteiger partial charge >= 0.3 is 0 Å². The molecule has 0 aromatic heterocycles. The number of rotatable bonds is 8. The number of ether oxygens (including phenoxy) is 3. The molecule has 0 radical (unpaired) electrons. The third kappa shape index (κ3) is 5.62. The Morgan fingerprint density at radius 3 is 2.28 bits per heavy atom. The van der Waals surface area contributed by atoms with E-state index in [0.29, 0.717) is 5.75 Å². The average Bonchev–Trinajstić information content (AvgIpc) is 2.74. The second-order valence-electron chi connectivity index (χ2n) is 7.11. The Hall–Kier alpha value is -2.29. The maximum atomic E-state index is 12.7. The van der Waals surface area contributed by atoms with Crippen molar-refractivity contribution in [1.29, 1.82) is 0 Å². The zero-order chi connectivity index (χ0) is 20.9. The molecule has 3 rings (SSSR count). The summed E-state index contributed by atoms with van der Waals surface area (Å²) >= 11 is 0. The Morgan fingerprint density at radius 1 is 1.00 bits per heavy atom. The van der Waals surface area contributed by atoms with E-state index in [4.69, 9.17) is 14.2 Å². The molecular weight excluding hydrogens is 392 g/mol. The van der Waals surface area contributed by atoms with Crippen LogP contribution in [0.2, 0.25) is 0 Å². The van der Waals surface area contributed by atoms with Gasteiger partial charge in [0.25, 0.3) is 0 Å². The number of nitrogens with one attached hydrogen (secondary N) is 1. The third-order valence-electron chi connectivity index (χ3n) is 5.02. The van der Waals surface area contributed by atoms with Crippen molar-refractivity contribution in [1.82, 2.24) is 9.62 Å². The Bertz CT molecular complexity index is 907. The zero-order valence-corrected chi connectivity index (χ0v) is 17.9. The Balaban J connectivity index is 1.62. The van der Waals surface area contributed by atoms with Crippen molar-refractivity contribution in [2.45, 2.75) is 30.4 Å². The lowest BCUT2D eigenvalue weighted by Crippen LogP contribution is -2.35. The first-order chi connectivity index (χ1) is 13.9. The summed E-state index contributed by atoms with van der Waals surface area (Å²) in [7, 11) is 1.28. The summed E-state index contributed by atoms with van der Waals surface area (Å²) in [6, 6.07) is 12.2. The summed E-state index contributed by atoms with van der Waals surface area (Å²) in [4.78, 5) is 2.34. The lowest BCUT2D eigenvalue weighted by atomic mass is 10.1. The standard InChI is InChI=1S/C21H28N2O5S/c1-23-12-10-18(11-13-23)28-17-6-4-16(5-7-17)15-22-29(24,25)21-14-19(26-2)8-9-20(21)27-3/h4-9,14,18,22H,10-13,15H2,1-3H3. The van der Waals surface area contributed by atoms with E-state index in [-0.39, 0.29) is 23.3 Å². The first kappa shape index (κ1) is 21.4. The van der Waals surface area contributed by atoms with Crippen molar-refractivity contribution in [2.75, 3.05) is 34.4 Å². The van der Waals surface area contributed by atoms with E-state index in [0.717, 1.165) is 37.2 Å². The number of likely N-dealkylation sites (tertiary alicyclic amines) is 1. The highest BCUT2D eigenvalue weighted by atomic mass is 32.2. The van der Waals surface area contributed by atoms with Crippen molar-refractivity contribution in [3.05, 3.63) is 48.0 Å². The number of benzene rings is 2. The van der Waals surface area contributed by atoms with Gasteiger partial charge in [-0.1, -0.05) is 12.1 Å². The molecule has 0 amide bonds. The maximum absolute atomic E-state index is 12.7. The van der Waals surface area contributed by atoms with Crippen molar-refractivity contribution >= 4 is 10.0 Å². The van der Waals surface area contributed by atoms with E-state index >= 15 is 0 Å². The summed E-state index contributed by atoms with van der Waals surface area (Å²) < 4.78 is 44.4. The van der Waals surface area contributed by atoms with Crippen LogP contribution in [-0.2, 0) is 16.6 Å². The summed E-state index contributed by atoms with van der Waals surface area (Å²) in [6.07, 6.45) is 2.26. The molecule has 2 aromatic carbocycles. The van der Waals surface area contributed by atoms with Crippen LogP contribution >= 0.6 is 0 Å². The largest absolute Gasteiger partial charge is 0.497 e. The molecule has 1 fully saturated rings. The van der Waals surface area contributed by atoms with Crippen LogP contribution in [0, 0.1) is 0 Å². The molecule has 1 aliphatic heterocycles. The molecule has 7 nitrogen and oxygen atoms in total. The minimum Gasteiger partial charge on any atom is -0.497 e. The minimum absolute atomic E-state index is 0.0431. The first-order valence-electron chi connectivity index (χ1n) is 9.57. The van der Waals surface area contributed by atoms with Crippen LogP contribution in [0.4, 0.5) is 0 Å². The second kappa shape index (κ2) is 9.47. The molecule has 0 aliphatic carbocycles. The summed E-state index contributed by atoms with van der Waals surface area (Å²) in [5.41, 5.74) is 0.839. The molecule has 0 saturated carbocycles. The molecule has 158 valence electrons. The van der Waals surface area contributed by atoms with Gasteiger partial charge in [-0.15, -0.1) is 0 Å². The summed E-state index contributed by atoms with van der Waals surface area (Å²) in [5.74, 6) is 1.52.